The number of fused-ring (bicyclic) bond motifs is 1. The van der Waals surface area contributed by atoms with Crippen LogP contribution < -0.4 is 0 Å². The van der Waals surface area contributed by atoms with Crippen molar-refractivity contribution in [2.75, 3.05) is 11.5 Å². The first-order valence-corrected chi connectivity index (χ1v) is 10.4. The Labute approximate surface area is 148 Å². The molecule has 0 unspecified atom stereocenters. The third-order valence-electron chi connectivity index (χ3n) is 3.50. The summed E-state index contributed by atoms with van der Waals surface area (Å²) in [6.45, 7) is 0. The Morgan fingerprint density at radius 2 is 1.83 bits per heavy atom. The van der Waals surface area contributed by atoms with Gasteiger partial charge < -0.3 is 4.57 Å². The highest BCUT2D eigenvalue weighted by Crippen LogP contribution is 2.24. The predicted octanol–water partition coefficient (Wildman–Crippen LogP) is 3.90. The third kappa shape index (κ3) is 3.62. The Balaban J connectivity index is 1.70. The number of hydrogen-bond acceptors (Lipinski definition) is 4. The van der Waals surface area contributed by atoms with Crippen molar-refractivity contribution in [1.82, 2.24) is 9.55 Å². The molecule has 4 nitrogen and oxygen atoms in total. The van der Waals surface area contributed by atoms with Gasteiger partial charge in [0.1, 0.15) is 0 Å². The Kier molecular flexibility index (Phi) is 4.79. The van der Waals surface area contributed by atoms with Gasteiger partial charge in [0.2, 0.25) is 0 Å². The van der Waals surface area contributed by atoms with Crippen LogP contribution in [0.5, 0.6) is 0 Å². The topological polar surface area (TPSA) is 52.0 Å². The molecular weight excluding hydrogens is 396 g/mol. The minimum absolute atomic E-state index is 0.0858. The molecule has 0 spiro atoms. The minimum atomic E-state index is -3.27. The van der Waals surface area contributed by atoms with E-state index in [1.165, 1.54) is 11.8 Å². The monoisotopic (exact) mass is 410 g/mol. The molecule has 0 atom stereocenters. The summed E-state index contributed by atoms with van der Waals surface area (Å²) in [5, 5.41) is 0.831. The largest absolute Gasteiger partial charge is 0.322 e. The maximum Gasteiger partial charge on any atom is 0.179 e. The second kappa shape index (κ2) is 6.67. The zero-order valence-corrected chi connectivity index (χ0v) is 15.7. The highest BCUT2D eigenvalue weighted by atomic mass is 79.9. The number of benzene rings is 2. The Morgan fingerprint density at radius 1 is 1.13 bits per heavy atom. The van der Waals surface area contributed by atoms with Crippen LogP contribution in [-0.4, -0.2) is 29.5 Å². The second-order valence-corrected chi connectivity index (χ2v) is 9.15. The van der Waals surface area contributed by atoms with Gasteiger partial charge in [-0.25, -0.2) is 13.4 Å². The van der Waals surface area contributed by atoms with Crippen LogP contribution in [0.1, 0.15) is 0 Å². The van der Waals surface area contributed by atoms with E-state index in [4.69, 9.17) is 0 Å². The number of nitrogens with zero attached hydrogens (tertiary/aromatic N) is 2. The summed E-state index contributed by atoms with van der Waals surface area (Å²) in [7, 11) is -1.32. The standard InChI is InChI=1S/C16H15BrN2O2S2/c1-19-15-5-3-2-4-14(15)18-16(19)22-10-11-23(20,21)13-8-6-12(17)7-9-13/h2-9H,10-11H2,1H3. The van der Waals surface area contributed by atoms with E-state index in [2.05, 4.69) is 20.9 Å². The molecule has 1 aromatic heterocycles. The summed E-state index contributed by atoms with van der Waals surface area (Å²) in [6.07, 6.45) is 0. The van der Waals surface area contributed by atoms with Gasteiger partial charge in [0.15, 0.2) is 15.0 Å². The highest BCUT2D eigenvalue weighted by Gasteiger charge is 2.15. The van der Waals surface area contributed by atoms with Crippen molar-refractivity contribution in [2.24, 2.45) is 7.05 Å². The maximum absolute atomic E-state index is 12.3. The highest BCUT2D eigenvalue weighted by molar-refractivity contribution is 9.10. The molecule has 0 aliphatic carbocycles. The number of rotatable bonds is 5. The van der Waals surface area contributed by atoms with Gasteiger partial charge in [-0.2, -0.15) is 0 Å². The van der Waals surface area contributed by atoms with Crippen LogP contribution in [0, 0.1) is 0 Å². The molecule has 0 saturated carbocycles. The van der Waals surface area contributed by atoms with Gasteiger partial charge in [-0.05, 0) is 36.4 Å². The zero-order chi connectivity index (χ0) is 16.4. The SMILES string of the molecule is Cn1c(SCCS(=O)(=O)c2ccc(Br)cc2)nc2ccccc21. The number of thioether (sulfide) groups is 1. The lowest BCUT2D eigenvalue weighted by Gasteiger charge is -2.05. The van der Waals surface area contributed by atoms with Gasteiger partial charge in [0, 0.05) is 17.3 Å². The van der Waals surface area contributed by atoms with Crippen LogP contribution in [0.2, 0.25) is 0 Å². The fourth-order valence-corrected chi connectivity index (χ4v) is 5.15. The molecule has 2 aromatic carbocycles. The summed E-state index contributed by atoms with van der Waals surface area (Å²) < 4.78 is 27.5. The fourth-order valence-electron chi connectivity index (χ4n) is 2.25. The van der Waals surface area contributed by atoms with Crippen LogP contribution in [0.4, 0.5) is 0 Å². The number of halogens is 1. The van der Waals surface area contributed by atoms with Crippen LogP contribution in [0.15, 0.2) is 63.1 Å². The van der Waals surface area contributed by atoms with Crippen molar-refractivity contribution in [2.45, 2.75) is 10.1 Å². The van der Waals surface area contributed by atoms with E-state index in [-0.39, 0.29) is 5.75 Å². The van der Waals surface area contributed by atoms with Crippen molar-refractivity contribution in [3.05, 3.63) is 53.0 Å². The molecule has 7 heteroatoms. The summed E-state index contributed by atoms with van der Waals surface area (Å²) >= 11 is 4.77. The number of sulfone groups is 1. The quantitative estimate of drug-likeness (QED) is 0.598. The maximum atomic E-state index is 12.3. The van der Waals surface area contributed by atoms with Crippen molar-refractivity contribution >= 4 is 48.6 Å². The fraction of sp³-hybridized carbons (Fsp3) is 0.188. The van der Waals surface area contributed by atoms with E-state index in [1.807, 2.05) is 35.9 Å². The van der Waals surface area contributed by atoms with Crippen molar-refractivity contribution in [3.8, 4) is 0 Å². The molecular formula is C16H15BrN2O2S2. The molecule has 0 fully saturated rings. The average molecular weight is 411 g/mol. The van der Waals surface area contributed by atoms with Gasteiger partial charge in [-0.15, -0.1) is 0 Å². The van der Waals surface area contributed by atoms with E-state index >= 15 is 0 Å². The molecule has 23 heavy (non-hydrogen) atoms. The molecule has 120 valence electrons. The second-order valence-electron chi connectivity index (χ2n) is 5.06. The normalized spacial score (nSPS) is 11.9. The molecule has 0 radical (unpaired) electrons. The number of imidazole rings is 1. The van der Waals surface area contributed by atoms with Gasteiger partial charge in [-0.1, -0.05) is 39.8 Å². The van der Waals surface area contributed by atoms with E-state index in [9.17, 15) is 8.42 Å². The van der Waals surface area contributed by atoms with Crippen LogP contribution >= 0.6 is 27.7 Å². The molecule has 0 saturated heterocycles. The predicted molar refractivity (Wildman–Crippen MR) is 97.6 cm³/mol. The van der Waals surface area contributed by atoms with Gasteiger partial charge in [-0.3, -0.25) is 0 Å². The lowest BCUT2D eigenvalue weighted by atomic mass is 10.3. The molecule has 0 N–H and O–H groups in total. The van der Waals surface area contributed by atoms with Crippen molar-refractivity contribution < 1.29 is 8.42 Å². The number of para-hydroxylation sites is 2. The number of aryl methyl sites for hydroxylation is 1. The molecule has 3 rings (SSSR count). The first-order chi connectivity index (χ1) is 11.0. The van der Waals surface area contributed by atoms with Crippen LogP contribution in [0.3, 0.4) is 0 Å². The van der Waals surface area contributed by atoms with Gasteiger partial charge >= 0.3 is 0 Å². The smallest absolute Gasteiger partial charge is 0.179 e. The van der Waals surface area contributed by atoms with Gasteiger partial charge in [0.25, 0.3) is 0 Å². The molecule has 0 aliphatic rings. The third-order valence-corrected chi connectivity index (χ3v) is 7.05. The molecule has 3 aromatic rings. The Hall–Kier alpha value is -1.31. The molecule has 0 bridgehead atoms. The van der Waals surface area contributed by atoms with Crippen LogP contribution in [-0.2, 0) is 16.9 Å². The van der Waals surface area contributed by atoms with E-state index < -0.39 is 9.84 Å². The summed E-state index contributed by atoms with van der Waals surface area (Å²) in [6, 6.07) is 14.6. The Bertz CT molecular complexity index is 934. The summed E-state index contributed by atoms with van der Waals surface area (Å²) in [5.74, 6) is 0.554. The lowest BCUT2D eigenvalue weighted by molar-refractivity contribution is 0.597. The van der Waals surface area contributed by atoms with E-state index in [0.717, 1.165) is 20.7 Å². The van der Waals surface area contributed by atoms with Crippen molar-refractivity contribution in [3.63, 3.8) is 0 Å². The summed E-state index contributed by atoms with van der Waals surface area (Å²) in [4.78, 5) is 4.89. The van der Waals surface area contributed by atoms with E-state index in [1.54, 1.807) is 24.3 Å². The molecule has 0 aliphatic heterocycles. The average Bonchev–Trinajstić information content (AvgIpc) is 2.84. The number of hydrogen-bond donors (Lipinski definition) is 0. The van der Waals surface area contributed by atoms with Crippen molar-refractivity contribution in [1.29, 1.82) is 0 Å². The zero-order valence-electron chi connectivity index (χ0n) is 12.4. The minimum Gasteiger partial charge on any atom is -0.322 e. The van der Waals surface area contributed by atoms with Crippen LogP contribution in [0.25, 0.3) is 11.0 Å². The summed E-state index contributed by atoms with van der Waals surface area (Å²) in [5.41, 5.74) is 1.97. The first-order valence-electron chi connectivity index (χ1n) is 7.00. The van der Waals surface area contributed by atoms with Gasteiger partial charge in [0.05, 0.1) is 21.7 Å². The van der Waals surface area contributed by atoms with E-state index in [0.29, 0.717) is 10.6 Å². The number of aromatic nitrogens is 2. The molecule has 0 amide bonds. The molecule has 1 heterocycles. The first kappa shape index (κ1) is 16.5. The Morgan fingerprint density at radius 3 is 2.52 bits per heavy atom. The lowest BCUT2D eigenvalue weighted by Crippen LogP contribution is -2.09.